The summed E-state index contributed by atoms with van der Waals surface area (Å²) in [6.45, 7) is 0. The fourth-order valence-corrected chi connectivity index (χ4v) is 1.69. The van der Waals surface area contributed by atoms with Crippen LogP contribution in [0.25, 0.3) is 0 Å². The van der Waals surface area contributed by atoms with Crippen LogP contribution in [-0.2, 0) is 19.9 Å². The lowest BCUT2D eigenvalue weighted by molar-refractivity contribution is 0.713. The number of nitrogens with zero attached hydrogens (tertiary/aromatic N) is 3. The van der Waals surface area contributed by atoms with Crippen molar-refractivity contribution in [2.24, 2.45) is 7.05 Å². The van der Waals surface area contributed by atoms with Crippen LogP contribution in [0.1, 0.15) is 11.3 Å². The Morgan fingerprint density at radius 1 is 1.33 bits per heavy atom. The molecule has 0 saturated heterocycles. The average molecular weight is 222 g/mol. The highest BCUT2D eigenvalue weighted by atomic mass is 35.5. The van der Waals surface area contributed by atoms with E-state index in [0.717, 1.165) is 23.6 Å². The SMILES string of the molecule is Cn1cc(CCc2cccc(Cl)c2)nn1. The average Bonchev–Trinajstić information content (AvgIpc) is 2.62. The van der Waals surface area contributed by atoms with Crippen LogP contribution in [0.2, 0.25) is 5.02 Å². The van der Waals surface area contributed by atoms with Gasteiger partial charge in [-0.3, -0.25) is 4.68 Å². The minimum absolute atomic E-state index is 0.784. The Morgan fingerprint density at radius 3 is 2.87 bits per heavy atom. The van der Waals surface area contributed by atoms with E-state index in [4.69, 9.17) is 11.6 Å². The normalized spacial score (nSPS) is 10.5. The number of rotatable bonds is 3. The van der Waals surface area contributed by atoms with Gasteiger partial charge in [-0.05, 0) is 30.5 Å². The van der Waals surface area contributed by atoms with Crippen LogP contribution in [0.3, 0.4) is 0 Å². The molecule has 2 rings (SSSR count). The first-order valence-corrected chi connectivity index (χ1v) is 5.21. The van der Waals surface area contributed by atoms with E-state index in [1.807, 2.05) is 31.4 Å². The Labute approximate surface area is 93.7 Å². The minimum atomic E-state index is 0.784. The summed E-state index contributed by atoms with van der Waals surface area (Å²) in [6.07, 6.45) is 3.78. The molecular weight excluding hydrogens is 210 g/mol. The van der Waals surface area contributed by atoms with E-state index in [1.54, 1.807) is 4.68 Å². The van der Waals surface area contributed by atoms with E-state index in [1.165, 1.54) is 5.56 Å². The summed E-state index contributed by atoms with van der Waals surface area (Å²) in [5, 5.41) is 8.70. The van der Waals surface area contributed by atoms with Gasteiger partial charge in [-0.2, -0.15) is 0 Å². The van der Waals surface area contributed by atoms with Crippen molar-refractivity contribution in [1.82, 2.24) is 15.0 Å². The highest BCUT2D eigenvalue weighted by Gasteiger charge is 1.99. The van der Waals surface area contributed by atoms with E-state index < -0.39 is 0 Å². The minimum Gasteiger partial charge on any atom is -0.255 e. The van der Waals surface area contributed by atoms with Crippen molar-refractivity contribution in [2.75, 3.05) is 0 Å². The van der Waals surface area contributed by atoms with Gasteiger partial charge in [0.05, 0.1) is 5.69 Å². The third-order valence-electron chi connectivity index (χ3n) is 2.21. The third kappa shape index (κ3) is 2.80. The number of aryl methyl sites for hydroxylation is 3. The number of benzene rings is 1. The summed E-state index contributed by atoms with van der Waals surface area (Å²) in [7, 11) is 1.87. The van der Waals surface area contributed by atoms with Crippen molar-refractivity contribution in [1.29, 1.82) is 0 Å². The molecule has 3 nitrogen and oxygen atoms in total. The lowest BCUT2D eigenvalue weighted by Gasteiger charge is -1.99. The molecule has 0 fully saturated rings. The van der Waals surface area contributed by atoms with Crippen molar-refractivity contribution in [3.8, 4) is 0 Å². The highest BCUT2D eigenvalue weighted by Crippen LogP contribution is 2.12. The molecule has 78 valence electrons. The third-order valence-corrected chi connectivity index (χ3v) is 2.44. The van der Waals surface area contributed by atoms with Crippen LogP contribution < -0.4 is 0 Å². The van der Waals surface area contributed by atoms with E-state index in [-0.39, 0.29) is 0 Å². The molecule has 1 heterocycles. The molecule has 0 aliphatic carbocycles. The summed E-state index contributed by atoms with van der Waals surface area (Å²) in [4.78, 5) is 0. The van der Waals surface area contributed by atoms with Gasteiger partial charge in [0.2, 0.25) is 0 Å². The molecule has 15 heavy (non-hydrogen) atoms. The van der Waals surface area contributed by atoms with Crippen molar-refractivity contribution in [3.05, 3.63) is 46.7 Å². The molecule has 0 aliphatic rings. The molecule has 1 aromatic heterocycles. The van der Waals surface area contributed by atoms with Crippen molar-refractivity contribution >= 4 is 11.6 Å². The predicted molar refractivity (Wildman–Crippen MR) is 59.9 cm³/mol. The van der Waals surface area contributed by atoms with Crippen molar-refractivity contribution in [3.63, 3.8) is 0 Å². The second-order valence-corrected chi connectivity index (χ2v) is 3.95. The topological polar surface area (TPSA) is 30.7 Å². The van der Waals surface area contributed by atoms with Crippen molar-refractivity contribution < 1.29 is 0 Å². The van der Waals surface area contributed by atoms with E-state index in [9.17, 15) is 0 Å². The van der Waals surface area contributed by atoms with Gasteiger partial charge in [0.25, 0.3) is 0 Å². The van der Waals surface area contributed by atoms with Crippen LogP contribution >= 0.6 is 11.6 Å². The lowest BCUT2D eigenvalue weighted by Crippen LogP contribution is -1.91. The van der Waals surface area contributed by atoms with E-state index in [0.29, 0.717) is 0 Å². The van der Waals surface area contributed by atoms with Crippen LogP contribution in [-0.4, -0.2) is 15.0 Å². The van der Waals surface area contributed by atoms with Crippen LogP contribution in [0, 0.1) is 0 Å². The lowest BCUT2D eigenvalue weighted by atomic mass is 10.1. The molecule has 2 aromatic rings. The first-order chi connectivity index (χ1) is 7.24. The second-order valence-electron chi connectivity index (χ2n) is 3.51. The monoisotopic (exact) mass is 221 g/mol. The Balaban J connectivity index is 1.99. The summed E-state index contributed by atoms with van der Waals surface area (Å²) in [5.41, 5.74) is 2.24. The van der Waals surface area contributed by atoms with E-state index >= 15 is 0 Å². The zero-order valence-electron chi connectivity index (χ0n) is 8.52. The fraction of sp³-hybridized carbons (Fsp3) is 0.273. The maximum atomic E-state index is 5.90. The maximum absolute atomic E-state index is 5.90. The molecule has 0 amide bonds. The molecule has 4 heteroatoms. The Hall–Kier alpha value is -1.35. The smallest absolute Gasteiger partial charge is 0.0830 e. The van der Waals surface area contributed by atoms with Crippen LogP contribution in [0.15, 0.2) is 30.5 Å². The fourth-order valence-electron chi connectivity index (χ4n) is 1.47. The number of hydrogen-bond donors (Lipinski definition) is 0. The molecular formula is C11H12ClN3. The summed E-state index contributed by atoms with van der Waals surface area (Å²) < 4.78 is 1.72. The quantitative estimate of drug-likeness (QED) is 0.796. The van der Waals surface area contributed by atoms with E-state index in [2.05, 4.69) is 16.4 Å². The predicted octanol–water partition coefficient (Wildman–Crippen LogP) is 2.25. The van der Waals surface area contributed by atoms with Gasteiger partial charge in [-0.15, -0.1) is 5.10 Å². The molecule has 0 radical (unpaired) electrons. The summed E-state index contributed by atoms with van der Waals surface area (Å²) >= 11 is 5.90. The van der Waals surface area contributed by atoms with Crippen LogP contribution in [0.4, 0.5) is 0 Å². The zero-order chi connectivity index (χ0) is 10.7. The molecule has 0 saturated carbocycles. The largest absolute Gasteiger partial charge is 0.255 e. The summed E-state index contributed by atoms with van der Waals surface area (Å²) in [6, 6.07) is 7.90. The molecule has 0 bridgehead atoms. The first kappa shape index (κ1) is 10.2. The van der Waals surface area contributed by atoms with Crippen LogP contribution in [0.5, 0.6) is 0 Å². The van der Waals surface area contributed by atoms with Crippen molar-refractivity contribution in [2.45, 2.75) is 12.8 Å². The van der Waals surface area contributed by atoms with Gasteiger partial charge in [0.1, 0.15) is 0 Å². The number of halogens is 1. The summed E-state index contributed by atoms with van der Waals surface area (Å²) in [5.74, 6) is 0. The maximum Gasteiger partial charge on any atom is 0.0830 e. The standard InChI is InChI=1S/C11H12ClN3/c1-15-8-11(13-14-15)6-5-9-3-2-4-10(12)7-9/h2-4,7-8H,5-6H2,1H3. The second kappa shape index (κ2) is 4.45. The molecule has 1 aromatic carbocycles. The Bertz CT molecular complexity index is 451. The van der Waals surface area contributed by atoms with Gasteiger partial charge in [-0.25, -0.2) is 0 Å². The zero-order valence-corrected chi connectivity index (χ0v) is 9.28. The first-order valence-electron chi connectivity index (χ1n) is 4.84. The number of aromatic nitrogens is 3. The Morgan fingerprint density at radius 2 is 2.20 bits per heavy atom. The highest BCUT2D eigenvalue weighted by molar-refractivity contribution is 6.30. The molecule has 0 aliphatic heterocycles. The molecule has 0 N–H and O–H groups in total. The molecule has 0 spiro atoms. The van der Waals surface area contributed by atoms with Gasteiger partial charge in [0, 0.05) is 18.3 Å². The number of hydrogen-bond acceptors (Lipinski definition) is 2. The Kier molecular flexibility index (Phi) is 3.02. The van der Waals surface area contributed by atoms with Gasteiger partial charge in [0.15, 0.2) is 0 Å². The van der Waals surface area contributed by atoms with Gasteiger partial charge < -0.3 is 0 Å². The van der Waals surface area contributed by atoms with Gasteiger partial charge in [-0.1, -0.05) is 28.9 Å². The molecule has 0 unspecified atom stereocenters. The molecule has 0 atom stereocenters. The van der Waals surface area contributed by atoms with Gasteiger partial charge >= 0.3 is 0 Å².